The Hall–Kier alpha value is -1.89. The first-order valence-electron chi connectivity index (χ1n) is 6.37. The van der Waals surface area contributed by atoms with E-state index in [4.69, 9.17) is 9.47 Å². The number of nitro benzene ring substituents is 1. The van der Waals surface area contributed by atoms with Gasteiger partial charge in [-0.05, 0) is 32.4 Å². The minimum Gasteiger partial charge on any atom is -0.487 e. The summed E-state index contributed by atoms with van der Waals surface area (Å²) in [6, 6.07) is 2.97. The smallest absolute Gasteiger partial charge is 0.373 e. The predicted molar refractivity (Wildman–Crippen MR) is 81.8 cm³/mol. The van der Waals surface area contributed by atoms with Gasteiger partial charge in [0.2, 0.25) is 5.76 Å². The van der Waals surface area contributed by atoms with Gasteiger partial charge in [0.25, 0.3) is 5.69 Å². The van der Waals surface area contributed by atoms with Crippen LogP contribution in [-0.4, -0.2) is 24.1 Å². The van der Waals surface area contributed by atoms with Crippen molar-refractivity contribution in [2.45, 2.75) is 20.8 Å². The van der Waals surface area contributed by atoms with Gasteiger partial charge in [-0.15, -0.1) is 0 Å². The number of nitrogens with zero attached hydrogens (tertiary/aromatic N) is 1. The quantitative estimate of drug-likeness (QED) is 0.255. The standard InChI is InChI=1S/C14H16BrNO5/c1-4-20-13(14(17)21-5-2)8-10-9(3)11(15)6-7-12(10)16(18)19/h6-8H,4-5H2,1-3H3/b13-8-. The van der Waals surface area contributed by atoms with Crippen LogP contribution in [0.25, 0.3) is 6.08 Å². The van der Waals surface area contributed by atoms with Gasteiger partial charge in [0.05, 0.1) is 23.7 Å². The van der Waals surface area contributed by atoms with Gasteiger partial charge in [-0.3, -0.25) is 10.1 Å². The fourth-order valence-corrected chi connectivity index (χ4v) is 2.02. The molecule has 1 rings (SSSR count). The molecule has 0 aliphatic rings. The summed E-state index contributed by atoms with van der Waals surface area (Å²) in [5, 5.41) is 11.1. The highest BCUT2D eigenvalue weighted by Crippen LogP contribution is 2.30. The first kappa shape index (κ1) is 17.2. The number of rotatable bonds is 6. The zero-order chi connectivity index (χ0) is 16.0. The molecule has 21 heavy (non-hydrogen) atoms. The number of esters is 1. The van der Waals surface area contributed by atoms with E-state index in [0.717, 1.165) is 0 Å². The lowest BCUT2D eigenvalue weighted by molar-refractivity contribution is -0.385. The molecule has 0 heterocycles. The van der Waals surface area contributed by atoms with Gasteiger partial charge in [0.15, 0.2) is 0 Å². The zero-order valence-electron chi connectivity index (χ0n) is 12.0. The van der Waals surface area contributed by atoms with Crippen molar-refractivity contribution >= 4 is 33.7 Å². The van der Waals surface area contributed by atoms with E-state index < -0.39 is 10.9 Å². The molecule has 0 radical (unpaired) electrons. The average molecular weight is 358 g/mol. The number of carbonyl (C=O) groups excluding carboxylic acids is 1. The molecule has 0 bridgehead atoms. The Kier molecular flexibility index (Phi) is 6.36. The Morgan fingerprint density at radius 1 is 1.33 bits per heavy atom. The van der Waals surface area contributed by atoms with E-state index in [1.807, 2.05) is 0 Å². The second-order valence-corrected chi connectivity index (χ2v) is 4.88. The summed E-state index contributed by atoms with van der Waals surface area (Å²) >= 11 is 3.32. The Labute approximate surface area is 131 Å². The number of carbonyl (C=O) groups is 1. The van der Waals surface area contributed by atoms with E-state index >= 15 is 0 Å². The Bertz CT molecular complexity index is 583. The van der Waals surface area contributed by atoms with Crippen LogP contribution in [0.3, 0.4) is 0 Å². The van der Waals surface area contributed by atoms with Crippen LogP contribution >= 0.6 is 15.9 Å². The van der Waals surface area contributed by atoms with E-state index in [2.05, 4.69) is 15.9 Å². The molecule has 0 N–H and O–H groups in total. The lowest BCUT2D eigenvalue weighted by Gasteiger charge is -2.10. The van der Waals surface area contributed by atoms with Crippen molar-refractivity contribution in [3.63, 3.8) is 0 Å². The Morgan fingerprint density at radius 2 is 1.95 bits per heavy atom. The molecule has 114 valence electrons. The summed E-state index contributed by atoms with van der Waals surface area (Å²) in [6.45, 7) is 5.56. The van der Waals surface area contributed by atoms with Gasteiger partial charge >= 0.3 is 5.97 Å². The molecule has 1 aromatic rings. The van der Waals surface area contributed by atoms with Gasteiger partial charge < -0.3 is 9.47 Å². The monoisotopic (exact) mass is 357 g/mol. The molecule has 0 saturated carbocycles. The fraction of sp³-hybridized carbons (Fsp3) is 0.357. The maximum absolute atomic E-state index is 11.8. The predicted octanol–water partition coefficient (Wildman–Crippen LogP) is 3.61. The molecule has 6 nitrogen and oxygen atoms in total. The first-order valence-corrected chi connectivity index (χ1v) is 7.16. The Balaban J connectivity index is 3.41. The van der Waals surface area contributed by atoms with Crippen LogP contribution in [0.1, 0.15) is 25.0 Å². The molecule has 0 aliphatic heterocycles. The summed E-state index contributed by atoms with van der Waals surface area (Å²) in [5.74, 6) is -0.698. The van der Waals surface area contributed by atoms with Crippen molar-refractivity contribution in [3.05, 3.63) is 43.6 Å². The molecule has 0 aliphatic carbocycles. The van der Waals surface area contributed by atoms with E-state index in [1.54, 1.807) is 26.8 Å². The summed E-state index contributed by atoms with van der Waals surface area (Å²) < 4.78 is 10.8. The van der Waals surface area contributed by atoms with Crippen molar-refractivity contribution in [2.75, 3.05) is 13.2 Å². The fourth-order valence-electron chi connectivity index (χ4n) is 1.68. The van der Waals surface area contributed by atoms with Gasteiger partial charge in [0.1, 0.15) is 0 Å². The topological polar surface area (TPSA) is 78.7 Å². The largest absolute Gasteiger partial charge is 0.487 e. The average Bonchev–Trinajstić information content (AvgIpc) is 2.43. The number of nitro groups is 1. The van der Waals surface area contributed by atoms with Gasteiger partial charge in [0, 0.05) is 16.6 Å². The third-order valence-corrected chi connectivity index (χ3v) is 3.53. The number of ether oxygens (including phenoxy) is 2. The molecule has 0 atom stereocenters. The number of benzene rings is 1. The third kappa shape index (κ3) is 4.29. The van der Waals surface area contributed by atoms with Crippen molar-refractivity contribution < 1.29 is 19.2 Å². The van der Waals surface area contributed by atoms with Crippen LogP contribution in [0.2, 0.25) is 0 Å². The normalized spacial score (nSPS) is 11.1. The molecular formula is C14H16BrNO5. The van der Waals surface area contributed by atoms with Crippen LogP contribution < -0.4 is 0 Å². The summed E-state index contributed by atoms with van der Waals surface area (Å²) in [7, 11) is 0. The molecule has 0 unspecified atom stereocenters. The molecule has 0 saturated heterocycles. The van der Waals surface area contributed by atoms with E-state index in [9.17, 15) is 14.9 Å². The van der Waals surface area contributed by atoms with Crippen molar-refractivity contribution in [1.82, 2.24) is 0 Å². The SMILES string of the molecule is CCOC(=O)/C(=C/c1c([N+](=O)[O-])ccc(Br)c1C)OCC. The van der Waals surface area contributed by atoms with E-state index in [-0.39, 0.29) is 24.7 Å². The van der Waals surface area contributed by atoms with E-state index in [1.165, 1.54) is 12.1 Å². The second-order valence-electron chi connectivity index (χ2n) is 4.02. The molecule has 0 fully saturated rings. The lowest BCUT2D eigenvalue weighted by Crippen LogP contribution is -2.11. The van der Waals surface area contributed by atoms with Crippen molar-refractivity contribution in [3.8, 4) is 0 Å². The minimum absolute atomic E-state index is 0.0522. The van der Waals surface area contributed by atoms with Crippen LogP contribution in [0.5, 0.6) is 0 Å². The van der Waals surface area contributed by atoms with Gasteiger partial charge in [-0.2, -0.15) is 0 Å². The van der Waals surface area contributed by atoms with Gasteiger partial charge in [-0.25, -0.2) is 4.79 Å². The summed E-state index contributed by atoms with van der Waals surface area (Å²) in [5.41, 5.74) is 0.855. The van der Waals surface area contributed by atoms with E-state index in [0.29, 0.717) is 15.6 Å². The second kappa shape index (κ2) is 7.78. The highest BCUT2D eigenvalue weighted by Gasteiger charge is 2.20. The number of hydrogen-bond donors (Lipinski definition) is 0. The third-order valence-electron chi connectivity index (χ3n) is 2.67. The number of hydrogen-bond acceptors (Lipinski definition) is 5. The molecule has 1 aromatic carbocycles. The van der Waals surface area contributed by atoms with Crippen LogP contribution in [-0.2, 0) is 14.3 Å². The maximum atomic E-state index is 11.8. The summed E-state index contributed by atoms with van der Waals surface area (Å²) in [6.07, 6.45) is 1.35. The molecule has 0 aromatic heterocycles. The van der Waals surface area contributed by atoms with Crippen molar-refractivity contribution in [2.24, 2.45) is 0 Å². The molecule has 0 spiro atoms. The molecular weight excluding hydrogens is 342 g/mol. The zero-order valence-corrected chi connectivity index (χ0v) is 13.6. The van der Waals surface area contributed by atoms with Crippen LogP contribution in [0.15, 0.2) is 22.4 Å². The Morgan fingerprint density at radius 3 is 2.48 bits per heavy atom. The van der Waals surface area contributed by atoms with Gasteiger partial charge in [-0.1, -0.05) is 15.9 Å². The summed E-state index contributed by atoms with van der Waals surface area (Å²) in [4.78, 5) is 22.4. The maximum Gasteiger partial charge on any atom is 0.373 e. The molecule has 0 amide bonds. The lowest BCUT2D eigenvalue weighted by atomic mass is 10.1. The minimum atomic E-state index is -0.645. The van der Waals surface area contributed by atoms with Crippen LogP contribution in [0, 0.1) is 17.0 Å². The molecule has 7 heteroatoms. The highest BCUT2D eigenvalue weighted by molar-refractivity contribution is 9.10. The van der Waals surface area contributed by atoms with Crippen LogP contribution in [0.4, 0.5) is 5.69 Å². The van der Waals surface area contributed by atoms with Crippen molar-refractivity contribution in [1.29, 1.82) is 0 Å². The highest BCUT2D eigenvalue weighted by atomic mass is 79.9. The first-order chi connectivity index (χ1) is 9.92. The number of halogens is 1.